The van der Waals surface area contributed by atoms with Crippen LogP contribution >= 0.6 is 11.8 Å². The second kappa shape index (κ2) is 7.14. The highest BCUT2D eigenvalue weighted by molar-refractivity contribution is 8.00. The molecular weight excluding hydrogens is 264 g/mol. The number of carboxylic acid groups (broad SMARTS) is 1. The van der Waals surface area contributed by atoms with E-state index >= 15 is 0 Å². The van der Waals surface area contributed by atoms with Crippen LogP contribution in [0.1, 0.15) is 33.1 Å². The normalized spacial score (nSPS) is 20.1. The van der Waals surface area contributed by atoms with Gasteiger partial charge in [-0.3, -0.25) is 9.59 Å². The van der Waals surface area contributed by atoms with Gasteiger partial charge in [0.2, 0.25) is 5.91 Å². The molecule has 1 amide bonds. The maximum atomic E-state index is 11.9. The molecule has 0 radical (unpaired) electrons. The minimum absolute atomic E-state index is 0.125. The molecule has 1 heterocycles. The predicted octanol–water partition coefficient (Wildman–Crippen LogP) is 1.18. The summed E-state index contributed by atoms with van der Waals surface area (Å²) in [5, 5.41) is 12.2. The Bertz CT molecular complexity index is 332. The summed E-state index contributed by atoms with van der Waals surface area (Å²) in [5.74, 6) is -0.232. The van der Waals surface area contributed by atoms with Gasteiger partial charge in [-0.1, -0.05) is 6.92 Å². The van der Waals surface area contributed by atoms with Gasteiger partial charge in [-0.15, -0.1) is 11.8 Å². The summed E-state index contributed by atoms with van der Waals surface area (Å²) >= 11 is 1.54. The number of nitrogens with zero attached hydrogens (tertiary/aromatic N) is 1. The lowest BCUT2D eigenvalue weighted by Gasteiger charge is -2.27. The lowest BCUT2D eigenvalue weighted by atomic mass is 9.96. The van der Waals surface area contributed by atoms with Gasteiger partial charge in [0.1, 0.15) is 5.54 Å². The Hall–Kier alpha value is -0.750. The summed E-state index contributed by atoms with van der Waals surface area (Å²) in [5.41, 5.74) is -0.927. The smallest absolute Gasteiger partial charge is 0.323 e. The van der Waals surface area contributed by atoms with Crippen molar-refractivity contribution in [3.8, 4) is 0 Å². The zero-order valence-electron chi connectivity index (χ0n) is 11.9. The number of carbonyl (C=O) groups excluding carboxylic acids is 1. The molecule has 2 atom stereocenters. The van der Waals surface area contributed by atoms with Crippen molar-refractivity contribution in [2.45, 2.75) is 43.9 Å². The summed E-state index contributed by atoms with van der Waals surface area (Å²) < 4.78 is 0. The highest BCUT2D eigenvalue weighted by Crippen LogP contribution is 2.23. The second-order valence-corrected chi connectivity index (χ2v) is 6.73. The number of likely N-dealkylation sites (N-methyl/N-ethyl adjacent to an activating group) is 1. The molecule has 0 saturated carbocycles. The molecule has 0 aromatic heterocycles. The Balaban J connectivity index is 2.36. The number of aliphatic carboxylic acids is 1. The van der Waals surface area contributed by atoms with Crippen molar-refractivity contribution in [3.63, 3.8) is 0 Å². The SMILES string of the molecule is CNC(C)(CC(C)SCC(=O)N1CCCC1)C(=O)O. The molecule has 2 N–H and O–H groups in total. The highest BCUT2D eigenvalue weighted by Gasteiger charge is 2.33. The standard InChI is InChI=1S/C13H24N2O3S/c1-10(8-13(2,14-3)12(17)18)19-9-11(16)15-6-4-5-7-15/h10,14H,4-9H2,1-3H3,(H,17,18). The number of nitrogens with one attached hydrogen (secondary N) is 1. The molecule has 0 aliphatic carbocycles. The van der Waals surface area contributed by atoms with Crippen LogP contribution < -0.4 is 5.32 Å². The molecule has 1 rings (SSSR count). The number of carboxylic acids is 1. The predicted molar refractivity (Wildman–Crippen MR) is 77.5 cm³/mol. The molecule has 5 nitrogen and oxygen atoms in total. The van der Waals surface area contributed by atoms with Crippen LogP contribution in [0.2, 0.25) is 0 Å². The largest absolute Gasteiger partial charge is 0.480 e. The summed E-state index contributed by atoms with van der Waals surface area (Å²) in [4.78, 5) is 25.0. The van der Waals surface area contributed by atoms with E-state index in [0.717, 1.165) is 25.9 Å². The summed E-state index contributed by atoms with van der Waals surface area (Å²) in [6, 6.07) is 0. The van der Waals surface area contributed by atoms with Crippen molar-refractivity contribution in [2.75, 3.05) is 25.9 Å². The fraction of sp³-hybridized carbons (Fsp3) is 0.846. The Labute approximate surface area is 119 Å². The van der Waals surface area contributed by atoms with E-state index in [0.29, 0.717) is 12.2 Å². The lowest BCUT2D eigenvalue weighted by Crippen LogP contribution is -2.49. The molecule has 0 aromatic rings. The Morgan fingerprint density at radius 1 is 1.42 bits per heavy atom. The van der Waals surface area contributed by atoms with E-state index in [2.05, 4.69) is 5.32 Å². The molecule has 0 spiro atoms. The summed E-state index contributed by atoms with van der Waals surface area (Å²) in [6.45, 7) is 5.39. The molecule has 6 heteroatoms. The Morgan fingerprint density at radius 3 is 2.47 bits per heavy atom. The molecule has 110 valence electrons. The van der Waals surface area contributed by atoms with Crippen molar-refractivity contribution >= 4 is 23.6 Å². The minimum Gasteiger partial charge on any atom is -0.480 e. The number of amides is 1. The molecule has 19 heavy (non-hydrogen) atoms. The van der Waals surface area contributed by atoms with Gasteiger partial charge in [-0.2, -0.15) is 0 Å². The molecule has 1 saturated heterocycles. The quantitative estimate of drug-likeness (QED) is 0.736. The number of rotatable bonds is 7. The molecule has 0 aromatic carbocycles. The zero-order chi connectivity index (χ0) is 14.5. The fourth-order valence-electron chi connectivity index (χ4n) is 2.20. The number of hydrogen-bond donors (Lipinski definition) is 2. The average molecular weight is 288 g/mol. The van der Waals surface area contributed by atoms with Crippen LogP contribution in [-0.4, -0.2) is 58.6 Å². The first-order valence-corrected chi connectivity index (χ1v) is 7.75. The number of thioether (sulfide) groups is 1. The molecule has 1 aliphatic heterocycles. The highest BCUT2D eigenvalue weighted by atomic mass is 32.2. The molecule has 2 unspecified atom stereocenters. The molecular formula is C13H24N2O3S. The molecule has 1 aliphatic rings. The minimum atomic E-state index is -0.927. The third kappa shape index (κ3) is 4.69. The van der Waals surface area contributed by atoms with Crippen molar-refractivity contribution in [1.29, 1.82) is 0 Å². The Morgan fingerprint density at radius 2 is 2.00 bits per heavy atom. The van der Waals surface area contributed by atoms with E-state index in [1.54, 1.807) is 14.0 Å². The van der Waals surface area contributed by atoms with Crippen LogP contribution in [-0.2, 0) is 9.59 Å². The molecule has 0 bridgehead atoms. The first-order chi connectivity index (χ1) is 8.89. The van der Waals surface area contributed by atoms with Gasteiger partial charge in [-0.05, 0) is 33.2 Å². The van der Waals surface area contributed by atoms with Gasteiger partial charge in [-0.25, -0.2) is 0 Å². The van der Waals surface area contributed by atoms with Gasteiger partial charge in [0.25, 0.3) is 0 Å². The summed E-state index contributed by atoms with van der Waals surface area (Å²) in [7, 11) is 1.65. The van der Waals surface area contributed by atoms with E-state index in [9.17, 15) is 14.7 Å². The summed E-state index contributed by atoms with van der Waals surface area (Å²) in [6.07, 6.45) is 2.70. The fourth-order valence-corrected chi connectivity index (χ4v) is 3.26. The van der Waals surface area contributed by atoms with Crippen molar-refractivity contribution in [1.82, 2.24) is 10.2 Å². The lowest BCUT2D eigenvalue weighted by molar-refractivity contribution is -0.144. The van der Waals surface area contributed by atoms with Crippen LogP contribution in [0.4, 0.5) is 0 Å². The van der Waals surface area contributed by atoms with E-state index in [-0.39, 0.29) is 11.2 Å². The van der Waals surface area contributed by atoms with Gasteiger partial charge in [0, 0.05) is 18.3 Å². The van der Waals surface area contributed by atoms with E-state index in [1.807, 2.05) is 11.8 Å². The van der Waals surface area contributed by atoms with E-state index < -0.39 is 11.5 Å². The third-order valence-electron chi connectivity index (χ3n) is 3.67. The zero-order valence-corrected chi connectivity index (χ0v) is 12.8. The average Bonchev–Trinajstić information content (AvgIpc) is 2.89. The van der Waals surface area contributed by atoms with Crippen molar-refractivity contribution in [2.24, 2.45) is 0 Å². The van der Waals surface area contributed by atoms with Gasteiger partial charge < -0.3 is 15.3 Å². The Kier molecular flexibility index (Phi) is 6.13. The third-order valence-corrected chi connectivity index (χ3v) is 4.82. The maximum absolute atomic E-state index is 11.9. The number of carbonyl (C=O) groups is 2. The van der Waals surface area contributed by atoms with E-state index in [4.69, 9.17) is 0 Å². The number of likely N-dealkylation sites (tertiary alicyclic amines) is 1. The van der Waals surface area contributed by atoms with Crippen LogP contribution in [0.15, 0.2) is 0 Å². The van der Waals surface area contributed by atoms with Crippen molar-refractivity contribution < 1.29 is 14.7 Å². The van der Waals surface area contributed by atoms with Crippen LogP contribution in [0.5, 0.6) is 0 Å². The monoisotopic (exact) mass is 288 g/mol. The second-order valence-electron chi connectivity index (χ2n) is 5.30. The van der Waals surface area contributed by atoms with Gasteiger partial charge >= 0.3 is 5.97 Å². The van der Waals surface area contributed by atoms with Crippen molar-refractivity contribution in [3.05, 3.63) is 0 Å². The van der Waals surface area contributed by atoms with Crippen LogP contribution in [0.25, 0.3) is 0 Å². The first-order valence-electron chi connectivity index (χ1n) is 6.71. The topological polar surface area (TPSA) is 69.6 Å². The van der Waals surface area contributed by atoms with Gasteiger partial charge in [0.15, 0.2) is 0 Å². The molecule has 1 fully saturated rings. The van der Waals surface area contributed by atoms with Gasteiger partial charge in [0.05, 0.1) is 5.75 Å². The number of hydrogen-bond acceptors (Lipinski definition) is 4. The maximum Gasteiger partial charge on any atom is 0.323 e. The first kappa shape index (κ1) is 16.3. The van der Waals surface area contributed by atoms with E-state index in [1.165, 1.54) is 11.8 Å². The van der Waals surface area contributed by atoms with Crippen LogP contribution in [0.3, 0.4) is 0 Å². The van der Waals surface area contributed by atoms with Crippen LogP contribution in [0, 0.1) is 0 Å².